The molecule has 8 rings (SSSR count). The summed E-state index contributed by atoms with van der Waals surface area (Å²) < 4.78 is 13.8. The second-order valence-corrected chi connectivity index (χ2v) is 17.4. The number of para-hydroxylation sites is 1. The smallest absolute Gasteiger partial charge is 0.136 e. The summed E-state index contributed by atoms with van der Waals surface area (Å²) in [6.07, 6.45) is 2.45. The second-order valence-electron chi connectivity index (χ2n) is 17.4. The second kappa shape index (κ2) is 17.8. The van der Waals surface area contributed by atoms with Crippen LogP contribution in [-0.4, -0.2) is 15.1 Å². The van der Waals surface area contributed by atoms with Crippen molar-refractivity contribution in [3.8, 4) is 50.5 Å². The topological polar surface area (TPSA) is 49.2 Å². The number of anilines is 3. The van der Waals surface area contributed by atoms with Crippen molar-refractivity contribution in [2.45, 2.75) is 58.8 Å². The minimum absolute atomic E-state index is 0. The first-order valence-electron chi connectivity index (χ1n) is 20.4. The molecule has 0 spiro atoms. The van der Waals surface area contributed by atoms with Crippen molar-refractivity contribution in [1.29, 1.82) is 0 Å². The van der Waals surface area contributed by atoms with E-state index in [1.807, 2.05) is 79.0 Å². The maximum absolute atomic E-state index is 13.8. The third-order valence-corrected chi connectivity index (χ3v) is 10.8. The van der Waals surface area contributed by atoms with Crippen LogP contribution in [0.2, 0.25) is 0 Å². The average molecular weight is 982 g/mol. The van der Waals surface area contributed by atoms with Crippen LogP contribution in [0.25, 0.3) is 44.8 Å². The van der Waals surface area contributed by atoms with Crippen molar-refractivity contribution in [3.05, 3.63) is 204 Å². The number of benzene rings is 6. The molecular formula is C55H49FN3OPt-. The van der Waals surface area contributed by atoms with Gasteiger partial charge in [-0.3, -0.25) is 4.98 Å². The number of phenolic OH excluding ortho intramolecular Hbond substituents is 1. The number of rotatable bonds is 9. The number of halogens is 1. The van der Waals surface area contributed by atoms with E-state index in [2.05, 4.69) is 131 Å². The third kappa shape index (κ3) is 9.75. The van der Waals surface area contributed by atoms with E-state index in [0.29, 0.717) is 23.4 Å². The molecule has 8 aromatic rings. The normalized spacial score (nSPS) is 11.5. The summed E-state index contributed by atoms with van der Waals surface area (Å²) in [4.78, 5) is 12.5. The first-order valence-corrected chi connectivity index (χ1v) is 20.4. The van der Waals surface area contributed by atoms with Crippen LogP contribution in [0.5, 0.6) is 5.75 Å². The summed E-state index contributed by atoms with van der Waals surface area (Å²) >= 11 is 0. The van der Waals surface area contributed by atoms with Gasteiger partial charge >= 0.3 is 0 Å². The van der Waals surface area contributed by atoms with Gasteiger partial charge in [-0.1, -0.05) is 150 Å². The fourth-order valence-corrected chi connectivity index (χ4v) is 7.55. The van der Waals surface area contributed by atoms with Gasteiger partial charge in [0.2, 0.25) is 0 Å². The Hall–Kier alpha value is -6.16. The van der Waals surface area contributed by atoms with Crippen LogP contribution in [-0.2, 0) is 38.3 Å². The minimum atomic E-state index is -0.308. The summed E-state index contributed by atoms with van der Waals surface area (Å²) in [5.74, 6) is 0.706. The van der Waals surface area contributed by atoms with Crippen LogP contribution in [0, 0.1) is 11.9 Å². The van der Waals surface area contributed by atoms with Gasteiger partial charge in [-0.15, -0.1) is 23.8 Å². The number of hydrogen-bond acceptors (Lipinski definition) is 4. The molecule has 0 atom stereocenters. The Labute approximate surface area is 374 Å². The summed E-state index contributed by atoms with van der Waals surface area (Å²) in [7, 11) is 0. The Morgan fingerprint density at radius 3 is 1.79 bits per heavy atom. The van der Waals surface area contributed by atoms with Gasteiger partial charge in [0.15, 0.2) is 0 Å². The fourth-order valence-electron chi connectivity index (χ4n) is 7.55. The minimum Gasteiger partial charge on any atom is -0.507 e. The number of pyridine rings is 2. The molecule has 0 unspecified atom stereocenters. The molecule has 0 saturated carbocycles. The standard InChI is InChI=1S/C55H49FN3O.Pt/c1-54(2,3)44-35-48(53(60)49(36-44)55(4,5)6)51-34-42(40-18-12-8-13-19-40)33-50(58-51)43-30-41(39-16-10-7-11-17-39)31-47(32-43)59(46-20-14-9-15-21-46)52-29-38(26-27-57-52)28-37-22-24-45(56)25-23-37;/h7-27,29-31,33-36,60H,28H2,1-6H3;/q-1;. The molecule has 61 heavy (non-hydrogen) atoms. The summed E-state index contributed by atoms with van der Waals surface area (Å²) in [6.45, 7) is 13.0. The van der Waals surface area contributed by atoms with Gasteiger partial charge in [0, 0.05) is 44.1 Å². The van der Waals surface area contributed by atoms with E-state index < -0.39 is 0 Å². The quantitative estimate of drug-likeness (QED) is 0.146. The molecule has 0 bridgehead atoms. The van der Waals surface area contributed by atoms with Crippen molar-refractivity contribution < 1.29 is 30.6 Å². The molecule has 308 valence electrons. The molecule has 4 nitrogen and oxygen atoms in total. The first-order chi connectivity index (χ1) is 28.8. The Balaban J connectivity index is 0.00000561. The van der Waals surface area contributed by atoms with Crippen molar-refractivity contribution >= 4 is 17.2 Å². The van der Waals surface area contributed by atoms with E-state index >= 15 is 0 Å². The average Bonchev–Trinajstić information content (AvgIpc) is 3.25. The molecule has 1 N–H and O–H groups in total. The number of aromatic hydroxyl groups is 1. The zero-order valence-corrected chi connectivity index (χ0v) is 37.6. The van der Waals surface area contributed by atoms with Crippen molar-refractivity contribution in [1.82, 2.24) is 9.97 Å². The van der Waals surface area contributed by atoms with Gasteiger partial charge in [-0.05, 0) is 111 Å². The van der Waals surface area contributed by atoms with Gasteiger partial charge in [0.25, 0.3) is 0 Å². The molecule has 0 aliphatic heterocycles. The fraction of sp³-hybridized carbons (Fsp3) is 0.164. The summed E-state index contributed by atoms with van der Waals surface area (Å²) in [5, 5.41) is 12.1. The van der Waals surface area contributed by atoms with Crippen molar-refractivity contribution in [3.63, 3.8) is 0 Å². The predicted octanol–water partition coefficient (Wildman–Crippen LogP) is 14.4. The predicted molar refractivity (Wildman–Crippen MR) is 246 cm³/mol. The molecule has 2 aromatic heterocycles. The van der Waals surface area contributed by atoms with Crippen LogP contribution in [0.4, 0.5) is 21.6 Å². The van der Waals surface area contributed by atoms with Gasteiger partial charge in [-0.2, -0.15) is 0 Å². The van der Waals surface area contributed by atoms with E-state index in [-0.39, 0.29) is 43.5 Å². The van der Waals surface area contributed by atoms with Crippen LogP contribution in [0.1, 0.15) is 63.8 Å². The van der Waals surface area contributed by atoms with Crippen molar-refractivity contribution in [2.75, 3.05) is 4.90 Å². The van der Waals surface area contributed by atoms with Gasteiger partial charge < -0.3 is 10.0 Å². The van der Waals surface area contributed by atoms with Crippen molar-refractivity contribution in [2.24, 2.45) is 0 Å². The molecule has 0 amide bonds. The maximum Gasteiger partial charge on any atom is 0.136 e. The van der Waals surface area contributed by atoms with Gasteiger partial charge in [0.05, 0.1) is 5.69 Å². The Morgan fingerprint density at radius 1 is 0.590 bits per heavy atom. The molecule has 2 heterocycles. The van der Waals surface area contributed by atoms with Crippen LogP contribution < -0.4 is 4.90 Å². The van der Waals surface area contributed by atoms with E-state index in [1.165, 1.54) is 12.1 Å². The van der Waals surface area contributed by atoms with Crippen LogP contribution in [0.15, 0.2) is 170 Å². The Kier molecular flexibility index (Phi) is 12.5. The molecule has 0 aliphatic carbocycles. The molecule has 6 aromatic carbocycles. The van der Waals surface area contributed by atoms with E-state index in [1.54, 1.807) is 0 Å². The van der Waals surface area contributed by atoms with E-state index in [0.717, 1.165) is 67.3 Å². The molecule has 0 saturated heterocycles. The molecule has 0 aliphatic rings. The summed E-state index contributed by atoms with van der Waals surface area (Å²) in [6, 6.07) is 58.1. The number of hydrogen-bond donors (Lipinski definition) is 1. The van der Waals surface area contributed by atoms with Gasteiger partial charge in [0.1, 0.15) is 17.4 Å². The maximum atomic E-state index is 13.8. The zero-order chi connectivity index (χ0) is 42.0. The number of aromatic nitrogens is 2. The van der Waals surface area contributed by atoms with E-state index in [4.69, 9.17) is 9.97 Å². The van der Waals surface area contributed by atoms with Crippen LogP contribution in [0.3, 0.4) is 0 Å². The third-order valence-electron chi connectivity index (χ3n) is 10.8. The van der Waals surface area contributed by atoms with Gasteiger partial charge in [-0.25, -0.2) is 9.37 Å². The van der Waals surface area contributed by atoms with Crippen LogP contribution >= 0.6 is 0 Å². The molecule has 0 fully saturated rings. The zero-order valence-electron chi connectivity index (χ0n) is 35.4. The number of nitrogens with zero attached hydrogens (tertiary/aromatic N) is 3. The monoisotopic (exact) mass is 981 g/mol. The first kappa shape index (κ1) is 42.9. The Morgan fingerprint density at radius 2 is 1.18 bits per heavy atom. The molecule has 0 radical (unpaired) electrons. The Bertz CT molecular complexity index is 2760. The van der Waals surface area contributed by atoms with E-state index in [9.17, 15) is 9.50 Å². The largest absolute Gasteiger partial charge is 0.507 e. The molecular weight excluding hydrogens is 933 g/mol. The number of phenols is 1. The summed E-state index contributed by atoms with van der Waals surface area (Å²) in [5.41, 5.74) is 12.2. The SMILES string of the molecule is CC(C)(C)c1cc(-c2cc(-c3ccccc3)cc(-c3[c-]c(N(c4ccccc4)c4cc(Cc5ccc(F)cc5)ccn4)cc(-c4ccccc4)c3)n2)c(O)c(C(C)(C)C)c1.[Pt]. The molecule has 6 heteroatoms.